The van der Waals surface area contributed by atoms with Crippen molar-refractivity contribution in [1.82, 2.24) is 4.98 Å². The largest absolute Gasteiger partial charge is 0.256 e. The average molecular weight is 218 g/mol. The second-order valence-corrected chi connectivity index (χ2v) is 3.77. The average Bonchev–Trinajstić information content (AvgIpc) is 2.30. The Hall–Kier alpha value is -1.34. The molecule has 1 aromatic heterocycles. The Morgan fingerprint density at radius 3 is 2.73 bits per heavy atom. The molecular formula is C13H12ClN. The molecule has 0 aliphatic carbocycles. The summed E-state index contributed by atoms with van der Waals surface area (Å²) in [5, 5.41) is 0. The van der Waals surface area contributed by atoms with E-state index in [-0.39, 0.29) is 0 Å². The van der Waals surface area contributed by atoms with E-state index in [1.54, 1.807) is 6.20 Å². The summed E-state index contributed by atoms with van der Waals surface area (Å²) in [5.41, 5.74) is 4.50. The van der Waals surface area contributed by atoms with Crippen molar-refractivity contribution in [3.8, 4) is 11.3 Å². The van der Waals surface area contributed by atoms with E-state index in [2.05, 4.69) is 24.0 Å². The van der Waals surface area contributed by atoms with Crippen LogP contribution >= 0.6 is 11.6 Å². The summed E-state index contributed by atoms with van der Waals surface area (Å²) in [6, 6.07) is 12.2. The molecule has 0 amide bonds. The van der Waals surface area contributed by atoms with Crippen LogP contribution in [-0.2, 0) is 5.88 Å². The highest BCUT2D eigenvalue weighted by atomic mass is 35.5. The Morgan fingerprint density at radius 1 is 1.20 bits per heavy atom. The zero-order valence-corrected chi connectivity index (χ0v) is 9.33. The molecule has 15 heavy (non-hydrogen) atoms. The van der Waals surface area contributed by atoms with Crippen LogP contribution in [0.25, 0.3) is 11.3 Å². The minimum absolute atomic E-state index is 0.529. The molecule has 0 bridgehead atoms. The summed E-state index contributed by atoms with van der Waals surface area (Å²) in [5.74, 6) is 0.529. The number of hydrogen-bond donors (Lipinski definition) is 0. The van der Waals surface area contributed by atoms with Crippen molar-refractivity contribution in [2.45, 2.75) is 12.8 Å². The molecule has 1 nitrogen and oxygen atoms in total. The fraction of sp³-hybridized carbons (Fsp3) is 0.154. The number of benzene rings is 1. The first kappa shape index (κ1) is 10.2. The molecule has 2 heteroatoms. The van der Waals surface area contributed by atoms with Crippen molar-refractivity contribution >= 4 is 11.6 Å². The molecule has 0 unspecified atom stereocenters. The van der Waals surface area contributed by atoms with E-state index in [1.807, 2.05) is 24.3 Å². The first-order chi connectivity index (χ1) is 7.31. The topological polar surface area (TPSA) is 12.9 Å². The van der Waals surface area contributed by atoms with Crippen LogP contribution in [0, 0.1) is 6.92 Å². The molecule has 0 aliphatic rings. The number of hydrogen-bond acceptors (Lipinski definition) is 1. The highest BCUT2D eigenvalue weighted by Gasteiger charge is 2.02. The quantitative estimate of drug-likeness (QED) is 0.698. The number of halogens is 1. The lowest BCUT2D eigenvalue weighted by Crippen LogP contribution is -1.88. The van der Waals surface area contributed by atoms with Crippen molar-refractivity contribution in [1.29, 1.82) is 0 Å². The Kier molecular flexibility index (Phi) is 3.02. The molecule has 2 aromatic rings. The third-order valence-electron chi connectivity index (χ3n) is 2.40. The SMILES string of the molecule is Cc1ccccc1-c1cc(CCl)ccn1. The molecule has 0 spiro atoms. The molecule has 0 aliphatic heterocycles. The van der Waals surface area contributed by atoms with Crippen molar-refractivity contribution in [3.05, 3.63) is 53.7 Å². The summed E-state index contributed by atoms with van der Waals surface area (Å²) in [4.78, 5) is 4.36. The van der Waals surface area contributed by atoms with Crippen LogP contribution in [0.4, 0.5) is 0 Å². The van der Waals surface area contributed by atoms with Crippen LogP contribution in [0.15, 0.2) is 42.6 Å². The van der Waals surface area contributed by atoms with E-state index < -0.39 is 0 Å². The molecular weight excluding hydrogens is 206 g/mol. The van der Waals surface area contributed by atoms with Crippen molar-refractivity contribution in [3.63, 3.8) is 0 Å². The van der Waals surface area contributed by atoms with Gasteiger partial charge in [0.15, 0.2) is 0 Å². The molecule has 0 saturated heterocycles. The van der Waals surface area contributed by atoms with Gasteiger partial charge in [-0.3, -0.25) is 4.98 Å². The smallest absolute Gasteiger partial charge is 0.0707 e. The monoisotopic (exact) mass is 217 g/mol. The number of nitrogens with zero attached hydrogens (tertiary/aromatic N) is 1. The van der Waals surface area contributed by atoms with Gasteiger partial charge in [0.2, 0.25) is 0 Å². The van der Waals surface area contributed by atoms with Gasteiger partial charge in [0.25, 0.3) is 0 Å². The van der Waals surface area contributed by atoms with Crippen molar-refractivity contribution in [2.24, 2.45) is 0 Å². The van der Waals surface area contributed by atoms with Crippen LogP contribution in [0.5, 0.6) is 0 Å². The molecule has 0 fully saturated rings. The maximum Gasteiger partial charge on any atom is 0.0707 e. The van der Waals surface area contributed by atoms with Crippen LogP contribution in [0.2, 0.25) is 0 Å². The van der Waals surface area contributed by atoms with Gasteiger partial charge >= 0.3 is 0 Å². The number of rotatable bonds is 2. The summed E-state index contributed by atoms with van der Waals surface area (Å²) >= 11 is 5.80. The Morgan fingerprint density at radius 2 is 2.00 bits per heavy atom. The highest BCUT2D eigenvalue weighted by Crippen LogP contribution is 2.21. The Labute approximate surface area is 94.7 Å². The molecule has 1 heterocycles. The van der Waals surface area contributed by atoms with Gasteiger partial charge in [-0.2, -0.15) is 0 Å². The van der Waals surface area contributed by atoms with Gasteiger partial charge in [-0.25, -0.2) is 0 Å². The molecule has 0 saturated carbocycles. The van der Waals surface area contributed by atoms with Crippen LogP contribution in [0.1, 0.15) is 11.1 Å². The van der Waals surface area contributed by atoms with Crippen molar-refractivity contribution < 1.29 is 0 Å². The Balaban J connectivity index is 2.49. The zero-order valence-electron chi connectivity index (χ0n) is 8.57. The van der Waals surface area contributed by atoms with Gasteiger partial charge in [-0.1, -0.05) is 24.3 Å². The number of alkyl halides is 1. The normalized spacial score (nSPS) is 10.3. The van der Waals surface area contributed by atoms with Crippen LogP contribution in [-0.4, -0.2) is 4.98 Å². The summed E-state index contributed by atoms with van der Waals surface area (Å²) in [6.07, 6.45) is 1.81. The van der Waals surface area contributed by atoms with Crippen molar-refractivity contribution in [2.75, 3.05) is 0 Å². The lowest BCUT2D eigenvalue weighted by Gasteiger charge is -2.05. The summed E-state index contributed by atoms with van der Waals surface area (Å²) in [6.45, 7) is 2.09. The van der Waals surface area contributed by atoms with E-state index in [9.17, 15) is 0 Å². The summed E-state index contributed by atoms with van der Waals surface area (Å²) in [7, 11) is 0. The van der Waals surface area contributed by atoms with Gasteiger partial charge in [0, 0.05) is 17.6 Å². The predicted octanol–water partition coefficient (Wildman–Crippen LogP) is 3.80. The standard InChI is InChI=1S/C13H12ClN/c1-10-4-2-3-5-12(10)13-8-11(9-14)6-7-15-13/h2-8H,9H2,1H3. The highest BCUT2D eigenvalue weighted by molar-refractivity contribution is 6.17. The third-order valence-corrected chi connectivity index (χ3v) is 2.71. The predicted molar refractivity (Wildman–Crippen MR) is 64.0 cm³/mol. The van der Waals surface area contributed by atoms with E-state index in [1.165, 1.54) is 11.1 Å². The van der Waals surface area contributed by atoms with Gasteiger partial charge < -0.3 is 0 Å². The Bertz CT molecular complexity index is 466. The second-order valence-electron chi connectivity index (χ2n) is 3.50. The molecule has 76 valence electrons. The molecule has 0 atom stereocenters. The molecule has 2 rings (SSSR count). The van der Waals surface area contributed by atoms with Gasteiger partial charge in [0.05, 0.1) is 5.69 Å². The van der Waals surface area contributed by atoms with Gasteiger partial charge in [-0.05, 0) is 30.2 Å². The van der Waals surface area contributed by atoms with Gasteiger partial charge in [0.1, 0.15) is 0 Å². The molecule has 1 aromatic carbocycles. The summed E-state index contributed by atoms with van der Waals surface area (Å²) < 4.78 is 0. The number of aryl methyl sites for hydroxylation is 1. The minimum Gasteiger partial charge on any atom is -0.256 e. The maximum atomic E-state index is 5.80. The lowest BCUT2D eigenvalue weighted by molar-refractivity contribution is 1.26. The van der Waals surface area contributed by atoms with Gasteiger partial charge in [-0.15, -0.1) is 11.6 Å². The minimum atomic E-state index is 0.529. The molecule has 0 N–H and O–H groups in total. The first-order valence-electron chi connectivity index (χ1n) is 4.88. The molecule has 0 radical (unpaired) electrons. The fourth-order valence-electron chi connectivity index (χ4n) is 1.57. The van der Waals surface area contributed by atoms with Crippen LogP contribution in [0.3, 0.4) is 0 Å². The lowest BCUT2D eigenvalue weighted by atomic mass is 10.0. The third kappa shape index (κ3) is 2.18. The fourth-order valence-corrected chi connectivity index (χ4v) is 1.73. The van der Waals surface area contributed by atoms with E-state index in [0.717, 1.165) is 11.3 Å². The van der Waals surface area contributed by atoms with E-state index in [0.29, 0.717) is 5.88 Å². The number of aromatic nitrogens is 1. The number of pyridine rings is 1. The van der Waals surface area contributed by atoms with Crippen LogP contribution < -0.4 is 0 Å². The first-order valence-corrected chi connectivity index (χ1v) is 5.41. The maximum absolute atomic E-state index is 5.80. The zero-order chi connectivity index (χ0) is 10.7. The second kappa shape index (κ2) is 4.45. The van der Waals surface area contributed by atoms with E-state index in [4.69, 9.17) is 11.6 Å². The van der Waals surface area contributed by atoms with E-state index >= 15 is 0 Å².